The minimum Gasteiger partial charge on any atom is -0.380 e. The molecular weight excluding hydrogens is 554 g/mol. The fraction of sp³-hybridized carbons (Fsp3) is 0.375. The topological polar surface area (TPSA) is 86.0 Å². The number of rotatable bonds is 10. The van der Waals surface area contributed by atoms with E-state index in [4.69, 9.17) is 9.47 Å². The van der Waals surface area contributed by atoms with Crippen LogP contribution in [-0.2, 0) is 9.47 Å². The molecule has 0 bridgehead atoms. The highest BCUT2D eigenvalue weighted by atomic mass is 19.1. The maximum atomic E-state index is 13.9. The van der Waals surface area contributed by atoms with Crippen LogP contribution in [0.2, 0.25) is 0 Å². The minimum atomic E-state index is -0.625. The van der Waals surface area contributed by atoms with E-state index in [0.717, 1.165) is 49.0 Å². The van der Waals surface area contributed by atoms with E-state index in [1.165, 1.54) is 12.1 Å². The Kier molecular flexibility index (Phi) is 9.24. The van der Waals surface area contributed by atoms with Crippen LogP contribution in [0.3, 0.4) is 0 Å². The van der Waals surface area contributed by atoms with E-state index in [0.29, 0.717) is 34.6 Å². The summed E-state index contributed by atoms with van der Waals surface area (Å²) in [6, 6.07) is 14.9. The molecule has 2 unspecified atom stereocenters. The van der Waals surface area contributed by atoms with Crippen molar-refractivity contribution >= 4 is 34.0 Å². The van der Waals surface area contributed by atoms with Crippen molar-refractivity contribution in [3.8, 4) is 0 Å². The summed E-state index contributed by atoms with van der Waals surface area (Å²) in [5.74, 6) is -1.52. The second-order valence-corrected chi connectivity index (χ2v) is 11.0. The van der Waals surface area contributed by atoms with Gasteiger partial charge in [0.2, 0.25) is 0 Å². The smallest absolute Gasteiger partial charge is 0.258 e. The van der Waals surface area contributed by atoms with Gasteiger partial charge in [-0.15, -0.1) is 0 Å². The molecule has 1 amide bonds. The van der Waals surface area contributed by atoms with Crippen LogP contribution >= 0.6 is 0 Å². The number of methoxy groups -OCH3 is 2. The maximum Gasteiger partial charge on any atom is 0.258 e. The van der Waals surface area contributed by atoms with Gasteiger partial charge in [0, 0.05) is 70.5 Å². The number of hydrogen-bond donors (Lipinski definition) is 2. The Labute approximate surface area is 250 Å². The average molecular weight is 593 g/mol. The van der Waals surface area contributed by atoms with E-state index in [1.54, 1.807) is 14.2 Å². The first kappa shape index (κ1) is 30.4. The molecule has 0 spiro atoms. The highest BCUT2D eigenvalue weighted by molar-refractivity contribution is 6.11. The molecule has 228 valence electrons. The molecule has 9 nitrogen and oxygen atoms in total. The van der Waals surface area contributed by atoms with Crippen LogP contribution in [0.1, 0.15) is 34.3 Å². The number of piperazine rings is 1. The molecule has 2 atom stereocenters. The number of amides is 1. The Balaban J connectivity index is 1.46. The van der Waals surface area contributed by atoms with Gasteiger partial charge in [-0.1, -0.05) is 13.0 Å². The Morgan fingerprint density at radius 2 is 1.74 bits per heavy atom. The molecule has 43 heavy (non-hydrogen) atoms. The third-order valence-electron chi connectivity index (χ3n) is 8.19. The van der Waals surface area contributed by atoms with E-state index in [9.17, 15) is 13.6 Å². The summed E-state index contributed by atoms with van der Waals surface area (Å²) in [4.78, 5) is 20.3. The first-order chi connectivity index (χ1) is 20.7. The highest BCUT2D eigenvalue weighted by Gasteiger charge is 2.24. The fourth-order valence-corrected chi connectivity index (χ4v) is 5.49. The lowest BCUT2D eigenvalue weighted by atomic mass is 9.92. The third kappa shape index (κ3) is 6.64. The zero-order valence-electron chi connectivity index (χ0n) is 25.2. The number of fused-ring (bicyclic) bond motifs is 1. The zero-order chi connectivity index (χ0) is 30.7. The first-order valence-corrected chi connectivity index (χ1v) is 14.3. The number of carbonyl (C=O) groups is 1. The molecule has 1 aliphatic heterocycles. The first-order valence-electron chi connectivity index (χ1n) is 14.3. The van der Waals surface area contributed by atoms with E-state index < -0.39 is 17.9 Å². The molecule has 2 N–H and O–H groups in total. The number of nitrogens with zero attached hydrogens (tertiary/aromatic N) is 4. The third-order valence-corrected chi connectivity index (χ3v) is 8.19. The van der Waals surface area contributed by atoms with Crippen LogP contribution in [-0.4, -0.2) is 88.3 Å². The van der Waals surface area contributed by atoms with Gasteiger partial charge in [0.05, 0.1) is 23.4 Å². The van der Waals surface area contributed by atoms with Gasteiger partial charge in [0.25, 0.3) is 5.91 Å². The molecule has 1 aromatic heterocycles. The molecule has 1 aliphatic rings. The molecule has 0 radical (unpaired) electrons. The number of nitrogens with one attached hydrogen (secondary N) is 2. The van der Waals surface area contributed by atoms with Gasteiger partial charge >= 0.3 is 0 Å². The number of likely N-dealkylation sites (N-methyl/N-ethyl adjacent to an activating group) is 2. The van der Waals surface area contributed by atoms with Crippen LogP contribution in [0.4, 0.5) is 26.0 Å². The second kappa shape index (κ2) is 13.1. The molecule has 3 aromatic carbocycles. The van der Waals surface area contributed by atoms with Crippen molar-refractivity contribution in [2.75, 3.05) is 76.2 Å². The number of ether oxygens (including phenoxy) is 2. The zero-order valence-corrected chi connectivity index (χ0v) is 25.2. The van der Waals surface area contributed by atoms with Gasteiger partial charge < -0.3 is 29.5 Å². The lowest BCUT2D eigenvalue weighted by Crippen LogP contribution is -2.44. The van der Waals surface area contributed by atoms with Crippen LogP contribution in [0.25, 0.3) is 10.9 Å². The Morgan fingerprint density at radius 1 is 1.02 bits per heavy atom. The number of aromatic nitrogens is 2. The molecule has 0 aliphatic carbocycles. The summed E-state index contributed by atoms with van der Waals surface area (Å²) >= 11 is 0. The number of anilines is 3. The van der Waals surface area contributed by atoms with Crippen molar-refractivity contribution in [1.29, 1.82) is 0 Å². The Morgan fingerprint density at radius 3 is 2.42 bits per heavy atom. The number of hydrogen-bond acceptors (Lipinski definition) is 7. The SMILES string of the molecule is COCC(OC)N(C)c1cc(N2CCN(C)CC2)ccc1C(=O)Nc1n[nH]c2ccc(C(C)c3cc(F)cc(F)c3)cc12. The lowest BCUT2D eigenvalue weighted by Gasteiger charge is -2.35. The maximum absolute atomic E-state index is 13.9. The summed E-state index contributed by atoms with van der Waals surface area (Å²) in [6.45, 7) is 5.88. The van der Waals surface area contributed by atoms with E-state index in [1.807, 2.05) is 55.3 Å². The van der Waals surface area contributed by atoms with Crippen LogP contribution in [0.15, 0.2) is 54.6 Å². The largest absolute Gasteiger partial charge is 0.380 e. The quantitative estimate of drug-likeness (QED) is 0.249. The van der Waals surface area contributed by atoms with Crippen molar-refractivity contribution in [3.63, 3.8) is 0 Å². The van der Waals surface area contributed by atoms with E-state index in [-0.39, 0.29) is 11.8 Å². The standard InChI is InChI=1S/C32H38F2N6O3/c1-20(22-14-23(33)17-24(34)15-22)21-6-9-28-27(16-21)31(37-36-28)35-32(41)26-8-7-25(40-12-10-38(2)11-13-40)18-29(26)39(3)30(43-5)19-42-4/h6-9,14-18,20,30H,10-13,19H2,1-5H3,(H2,35,36,37,41). The molecule has 2 heterocycles. The molecule has 0 saturated carbocycles. The molecule has 1 fully saturated rings. The van der Waals surface area contributed by atoms with Crippen molar-refractivity contribution in [1.82, 2.24) is 15.1 Å². The summed E-state index contributed by atoms with van der Waals surface area (Å²) in [6.07, 6.45) is -0.415. The van der Waals surface area contributed by atoms with Crippen molar-refractivity contribution < 1.29 is 23.0 Å². The molecule has 4 aromatic rings. The lowest BCUT2D eigenvalue weighted by molar-refractivity contribution is 0.0294. The van der Waals surface area contributed by atoms with Gasteiger partial charge in [0.1, 0.15) is 11.6 Å². The predicted octanol–water partition coefficient (Wildman–Crippen LogP) is 5.05. The molecule has 11 heteroatoms. The summed E-state index contributed by atoms with van der Waals surface area (Å²) in [5.41, 5.74) is 4.24. The van der Waals surface area contributed by atoms with Crippen LogP contribution < -0.4 is 15.1 Å². The van der Waals surface area contributed by atoms with E-state index in [2.05, 4.69) is 32.4 Å². The summed E-state index contributed by atoms with van der Waals surface area (Å²) in [7, 11) is 7.20. The molecule has 5 rings (SSSR count). The normalized spacial score (nSPS) is 15.5. The van der Waals surface area contributed by atoms with Crippen molar-refractivity contribution in [2.45, 2.75) is 19.1 Å². The minimum absolute atomic E-state index is 0.290. The summed E-state index contributed by atoms with van der Waals surface area (Å²) in [5, 5.41) is 11.0. The number of aromatic amines is 1. The fourth-order valence-electron chi connectivity index (χ4n) is 5.49. The van der Waals surface area contributed by atoms with Crippen molar-refractivity contribution in [3.05, 3.63) is 82.9 Å². The Hall–Kier alpha value is -4.06. The second-order valence-electron chi connectivity index (χ2n) is 11.0. The number of benzene rings is 3. The summed E-state index contributed by atoms with van der Waals surface area (Å²) < 4.78 is 38.8. The number of carbonyl (C=O) groups excluding carboxylic acids is 1. The molecular formula is C32H38F2N6O3. The number of H-pyrrole nitrogens is 1. The Bertz CT molecular complexity index is 1570. The molecule has 1 saturated heterocycles. The van der Waals surface area contributed by atoms with Gasteiger partial charge in [-0.3, -0.25) is 9.89 Å². The number of halogens is 2. The van der Waals surface area contributed by atoms with Gasteiger partial charge in [-0.2, -0.15) is 5.10 Å². The van der Waals surface area contributed by atoms with Gasteiger partial charge in [-0.05, 0) is 60.6 Å². The van der Waals surface area contributed by atoms with Crippen LogP contribution in [0, 0.1) is 11.6 Å². The monoisotopic (exact) mass is 592 g/mol. The van der Waals surface area contributed by atoms with E-state index >= 15 is 0 Å². The van der Waals surface area contributed by atoms with Crippen LogP contribution in [0.5, 0.6) is 0 Å². The predicted molar refractivity (Wildman–Crippen MR) is 165 cm³/mol. The average Bonchev–Trinajstić information content (AvgIpc) is 3.40. The van der Waals surface area contributed by atoms with Crippen molar-refractivity contribution in [2.24, 2.45) is 0 Å². The van der Waals surface area contributed by atoms with Gasteiger partial charge in [-0.25, -0.2) is 8.78 Å². The van der Waals surface area contributed by atoms with Gasteiger partial charge in [0.15, 0.2) is 12.0 Å². The highest BCUT2D eigenvalue weighted by Crippen LogP contribution is 2.32.